The lowest BCUT2D eigenvalue weighted by atomic mass is 10.3. The Morgan fingerprint density at radius 1 is 1.25 bits per heavy atom. The van der Waals surface area contributed by atoms with Gasteiger partial charge >= 0.3 is 0 Å². The lowest BCUT2D eigenvalue weighted by Gasteiger charge is -2.33. The van der Waals surface area contributed by atoms with E-state index in [1.165, 1.54) is 16.4 Å². The molecule has 1 saturated heterocycles. The minimum absolute atomic E-state index is 0.0159. The number of halogens is 2. The van der Waals surface area contributed by atoms with Crippen molar-refractivity contribution in [3.63, 3.8) is 0 Å². The van der Waals surface area contributed by atoms with Gasteiger partial charge < -0.3 is 4.90 Å². The first kappa shape index (κ1) is 15.9. The minimum Gasteiger partial charge on any atom is -0.301 e. The molecule has 1 aromatic rings. The lowest BCUT2D eigenvalue weighted by molar-refractivity contribution is 0.188. The molecule has 0 radical (unpaired) electrons. The van der Waals surface area contributed by atoms with Gasteiger partial charge in [0.2, 0.25) is 10.0 Å². The Morgan fingerprint density at radius 3 is 2.45 bits per heavy atom. The predicted octanol–water partition coefficient (Wildman–Crippen LogP) is 2.30. The molecule has 1 fully saturated rings. The highest BCUT2D eigenvalue weighted by atomic mass is 79.9. The minimum atomic E-state index is -3.59. The number of piperazine rings is 1. The Kier molecular flexibility index (Phi) is 5.17. The van der Waals surface area contributed by atoms with Gasteiger partial charge in [-0.3, -0.25) is 0 Å². The van der Waals surface area contributed by atoms with Crippen LogP contribution in [0.4, 0.5) is 4.39 Å². The van der Waals surface area contributed by atoms with E-state index in [1.807, 2.05) is 0 Å². The molecule has 0 spiro atoms. The second kappa shape index (κ2) is 6.51. The molecule has 1 aliphatic heterocycles. The summed E-state index contributed by atoms with van der Waals surface area (Å²) in [7, 11) is -3.59. The highest BCUT2D eigenvalue weighted by molar-refractivity contribution is 9.10. The first-order chi connectivity index (χ1) is 9.45. The van der Waals surface area contributed by atoms with Gasteiger partial charge in [-0.1, -0.05) is 6.92 Å². The van der Waals surface area contributed by atoms with Gasteiger partial charge in [-0.2, -0.15) is 4.31 Å². The summed E-state index contributed by atoms with van der Waals surface area (Å²) in [5.41, 5.74) is 0. The third-order valence-corrected chi connectivity index (χ3v) is 5.94. The molecule has 1 aliphatic rings. The molecule has 4 nitrogen and oxygen atoms in total. The van der Waals surface area contributed by atoms with Crippen LogP contribution in [0.2, 0.25) is 0 Å². The van der Waals surface area contributed by atoms with Crippen LogP contribution >= 0.6 is 15.9 Å². The van der Waals surface area contributed by atoms with E-state index in [9.17, 15) is 12.8 Å². The van der Waals surface area contributed by atoms with Crippen molar-refractivity contribution in [1.82, 2.24) is 9.21 Å². The topological polar surface area (TPSA) is 40.6 Å². The first-order valence-electron chi connectivity index (χ1n) is 6.62. The summed E-state index contributed by atoms with van der Waals surface area (Å²) >= 11 is 3.03. The largest absolute Gasteiger partial charge is 0.301 e. The molecule has 7 heteroatoms. The van der Waals surface area contributed by atoms with Crippen molar-refractivity contribution in [2.45, 2.75) is 18.2 Å². The molecule has 112 valence electrons. The van der Waals surface area contributed by atoms with Gasteiger partial charge in [0.25, 0.3) is 0 Å². The Balaban J connectivity index is 2.13. The van der Waals surface area contributed by atoms with E-state index in [2.05, 4.69) is 27.8 Å². The molecule has 0 N–H and O–H groups in total. The molecular formula is C13H18BrFN2O2S. The zero-order chi connectivity index (χ0) is 14.8. The lowest BCUT2D eigenvalue weighted by Crippen LogP contribution is -2.48. The summed E-state index contributed by atoms with van der Waals surface area (Å²) in [5.74, 6) is -0.560. The monoisotopic (exact) mass is 364 g/mol. The average Bonchev–Trinajstić information content (AvgIpc) is 2.43. The van der Waals surface area contributed by atoms with E-state index >= 15 is 0 Å². The highest BCUT2D eigenvalue weighted by Gasteiger charge is 2.28. The standard InChI is InChI=1S/C13H18BrFN2O2S/c1-2-5-16-6-8-17(9-7-16)20(18,19)11-3-4-12(14)13(15)10-11/h3-4,10H,2,5-9H2,1H3. The van der Waals surface area contributed by atoms with Crippen molar-refractivity contribution in [3.05, 3.63) is 28.5 Å². The van der Waals surface area contributed by atoms with Crippen LogP contribution in [0.3, 0.4) is 0 Å². The van der Waals surface area contributed by atoms with E-state index in [-0.39, 0.29) is 9.37 Å². The van der Waals surface area contributed by atoms with E-state index < -0.39 is 15.8 Å². The van der Waals surface area contributed by atoms with Crippen LogP contribution in [-0.4, -0.2) is 50.3 Å². The van der Waals surface area contributed by atoms with E-state index in [1.54, 1.807) is 0 Å². The molecule has 20 heavy (non-hydrogen) atoms. The van der Waals surface area contributed by atoms with Crippen LogP contribution in [0.25, 0.3) is 0 Å². The normalized spacial score (nSPS) is 18.4. The maximum atomic E-state index is 13.5. The molecular weight excluding hydrogens is 347 g/mol. The molecule has 0 unspecified atom stereocenters. The molecule has 1 aromatic carbocycles. The maximum Gasteiger partial charge on any atom is 0.243 e. The van der Waals surface area contributed by atoms with Crippen LogP contribution < -0.4 is 0 Å². The fraction of sp³-hybridized carbons (Fsp3) is 0.538. The van der Waals surface area contributed by atoms with Crippen molar-refractivity contribution >= 4 is 26.0 Å². The molecule has 0 amide bonds. The van der Waals surface area contributed by atoms with Crippen LogP contribution in [0.5, 0.6) is 0 Å². The summed E-state index contributed by atoms with van der Waals surface area (Å²) in [6.45, 7) is 5.46. The van der Waals surface area contributed by atoms with Crippen LogP contribution in [0.15, 0.2) is 27.6 Å². The van der Waals surface area contributed by atoms with Crippen LogP contribution in [0.1, 0.15) is 13.3 Å². The maximum absolute atomic E-state index is 13.5. The van der Waals surface area contributed by atoms with Crippen molar-refractivity contribution < 1.29 is 12.8 Å². The Morgan fingerprint density at radius 2 is 1.90 bits per heavy atom. The zero-order valence-electron chi connectivity index (χ0n) is 11.3. The summed E-state index contributed by atoms with van der Waals surface area (Å²) in [6, 6.07) is 3.92. The second-order valence-electron chi connectivity index (χ2n) is 4.82. The van der Waals surface area contributed by atoms with Crippen LogP contribution in [0, 0.1) is 5.82 Å². The van der Waals surface area contributed by atoms with Gasteiger partial charge in [0.15, 0.2) is 0 Å². The Bertz CT molecular complexity index is 572. The van der Waals surface area contributed by atoms with Gasteiger partial charge in [0.05, 0.1) is 9.37 Å². The number of sulfonamides is 1. The van der Waals surface area contributed by atoms with Gasteiger partial charge in [0.1, 0.15) is 5.82 Å². The number of hydrogen-bond acceptors (Lipinski definition) is 3. The smallest absolute Gasteiger partial charge is 0.243 e. The predicted molar refractivity (Wildman–Crippen MR) is 79.6 cm³/mol. The van der Waals surface area contributed by atoms with E-state index in [4.69, 9.17) is 0 Å². The molecule has 0 aromatic heterocycles. The Hall–Kier alpha value is -0.500. The van der Waals surface area contributed by atoms with Crippen LogP contribution in [-0.2, 0) is 10.0 Å². The zero-order valence-corrected chi connectivity index (χ0v) is 13.8. The van der Waals surface area contributed by atoms with Gasteiger partial charge in [-0.05, 0) is 47.1 Å². The first-order valence-corrected chi connectivity index (χ1v) is 8.86. The number of benzene rings is 1. The number of nitrogens with zero attached hydrogens (tertiary/aromatic N) is 2. The Labute approximate surface area is 127 Å². The molecule has 0 saturated carbocycles. The van der Waals surface area contributed by atoms with Crippen molar-refractivity contribution in [3.8, 4) is 0 Å². The molecule has 0 atom stereocenters. The fourth-order valence-electron chi connectivity index (χ4n) is 2.30. The van der Waals surface area contributed by atoms with Crippen molar-refractivity contribution in [2.75, 3.05) is 32.7 Å². The molecule has 1 heterocycles. The molecule has 2 rings (SSSR count). The summed E-state index contributed by atoms with van der Waals surface area (Å²) in [4.78, 5) is 2.26. The quantitative estimate of drug-likeness (QED) is 0.822. The fourth-order valence-corrected chi connectivity index (χ4v) is 3.98. The average molecular weight is 365 g/mol. The number of hydrogen-bond donors (Lipinski definition) is 0. The third-order valence-electron chi connectivity index (χ3n) is 3.40. The number of rotatable bonds is 4. The molecule has 0 aliphatic carbocycles. The second-order valence-corrected chi connectivity index (χ2v) is 7.61. The summed E-state index contributed by atoms with van der Waals surface area (Å²) in [6.07, 6.45) is 1.06. The van der Waals surface area contributed by atoms with Crippen molar-refractivity contribution in [1.29, 1.82) is 0 Å². The van der Waals surface area contributed by atoms with Crippen molar-refractivity contribution in [2.24, 2.45) is 0 Å². The summed E-state index contributed by atoms with van der Waals surface area (Å²) < 4.78 is 40.1. The van der Waals surface area contributed by atoms with Gasteiger partial charge in [-0.25, -0.2) is 12.8 Å². The summed E-state index contributed by atoms with van der Waals surface area (Å²) in [5, 5.41) is 0. The van der Waals surface area contributed by atoms with E-state index in [0.29, 0.717) is 13.1 Å². The third kappa shape index (κ3) is 3.39. The SMILES string of the molecule is CCCN1CCN(S(=O)(=O)c2ccc(Br)c(F)c2)CC1. The van der Waals surface area contributed by atoms with Gasteiger partial charge in [0, 0.05) is 26.2 Å². The highest BCUT2D eigenvalue weighted by Crippen LogP contribution is 2.22. The van der Waals surface area contributed by atoms with E-state index in [0.717, 1.165) is 32.1 Å². The molecule has 0 bridgehead atoms. The van der Waals surface area contributed by atoms with Gasteiger partial charge in [-0.15, -0.1) is 0 Å².